The first-order valence-electron chi connectivity index (χ1n) is 6.65. The second kappa shape index (κ2) is 5.98. The van der Waals surface area contributed by atoms with Crippen LogP contribution in [0.2, 0.25) is 5.02 Å². The average Bonchev–Trinajstić information content (AvgIpc) is 2.94. The van der Waals surface area contributed by atoms with Crippen molar-refractivity contribution in [3.63, 3.8) is 0 Å². The Bertz CT molecular complexity index is 1000. The molecule has 0 radical (unpaired) electrons. The number of aromatic nitrogens is 2. The van der Waals surface area contributed by atoms with Gasteiger partial charge in [0.2, 0.25) is 0 Å². The molecule has 0 aliphatic carbocycles. The predicted molar refractivity (Wildman–Crippen MR) is 91.4 cm³/mol. The van der Waals surface area contributed by atoms with E-state index in [0.29, 0.717) is 10.7 Å². The maximum atomic E-state index is 12.2. The Morgan fingerprint density at radius 1 is 1.39 bits per heavy atom. The Labute approximate surface area is 140 Å². The molecule has 2 aromatic heterocycles. The van der Waals surface area contributed by atoms with E-state index in [-0.39, 0.29) is 9.90 Å². The Morgan fingerprint density at radius 2 is 2.17 bits per heavy atom. The smallest absolute Gasteiger partial charge is 0.347 e. The van der Waals surface area contributed by atoms with Crippen LogP contribution in [0.3, 0.4) is 0 Å². The summed E-state index contributed by atoms with van der Waals surface area (Å²) in [5.74, 6) is -1.10. The summed E-state index contributed by atoms with van der Waals surface area (Å²) in [7, 11) is 0. The van der Waals surface area contributed by atoms with Crippen molar-refractivity contribution in [2.45, 2.75) is 6.92 Å². The second-order valence-corrected chi connectivity index (χ2v) is 6.30. The van der Waals surface area contributed by atoms with Gasteiger partial charge < -0.3 is 5.11 Å². The maximum absolute atomic E-state index is 12.2. The molecule has 0 bridgehead atoms. The van der Waals surface area contributed by atoms with Crippen LogP contribution in [0.5, 0.6) is 0 Å². The quantitative estimate of drug-likeness (QED) is 0.786. The molecule has 0 spiro atoms. The molecule has 0 unspecified atom stereocenters. The summed E-state index contributed by atoms with van der Waals surface area (Å²) < 4.78 is 1.15. The van der Waals surface area contributed by atoms with Crippen molar-refractivity contribution >= 4 is 46.0 Å². The first-order chi connectivity index (χ1) is 11.0. The average molecular weight is 347 g/mol. The minimum absolute atomic E-state index is 0.0329. The number of fused-ring (bicyclic) bond motifs is 1. The lowest BCUT2D eigenvalue weighted by Gasteiger charge is -1.99. The summed E-state index contributed by atoms with van der Waals surface area (Å²) >= 11 is 6.99. The van der Waals surface area contributed by atoms with Crippen LogP contribution >= 0.6 is 22.9 Å². The van der Waals surface area contributed by atoms with Gasteiger partial charge in [0.05, 0.1) is 5.69 Å². The molecule has 0 atom stereocenters. The molecule has 2 heterocycles. The number of thiazole rings is 1. The number of rotatable bonds is 3. The molecule has 23 heavy (non-hydrogen) atoms. The largest absolute Gasteiger partial charge is 0.477 e. The fourth-order valence-electron chi connectivity index (χ4n) is 2.09. The number of aromatic carboxylic acids is 1. The van der Waals surface area contributed by atoms with Crippen LogP contribution in [-0.2, 0) is 0 Å². The summed E-state index contributed by atoms with van der Waals surface area (Å²) in [5, 5.41) is 8.97. The number of carboxylic acid groups (broad SMARTS) is 1. The van der Waals surface area contributed by atoms with E-state index in [1.165, 1.54) is 6.20 Å². The Morgan fingerprint density at radius 3 is 2.87 bits per heavy atom. The molecule has 0 saturated heterocycles. The molecule has 0 aliphatic rings. The lowest BCUT2D eigenvalue weighted by Crippen LogP contribution is -2.14. The van der Waals surface area contributed by atoms with E-state index in [1.54, 1.807) is 6.08 Å². The molecule has 0 amide bonds. The third-order valence-electron chi connectivity index (χ3n) is 3.19. The number of nitrogens with zero attached hydrogens (tertiary/aromatic N) is 2. The summed E-state index contributed by atoms with van der Waals surface area (Å²) in [6, 6.07) is 7.83. The molecular formula is C16H11ClN2O3S. The van der Waals surface area contributed by atoms with Crippen molar-refractivity contribution in [3.8, 4) is 0 Å². The molecule has 1 N–H and O–H groups in total. The van der Waals surface area contributed by atoms with Crippen LogP contribution in [0, 0.1) is 6.92 Å². The summed E-state index contributed by atoms with van der Waals surface area (Å²) in [6.45, 7) is 1.99. The highest BCUT2D eigenvalue weighted by Gasteiger charge is 2.14. The zero-order valence-corrected chi connectivity index (χ0v) is 13.6. The third-order valence-corrected chi connectivity index (χ3v) is 4.51. The van der Waals surface area contributed by atoms with Gasteiger partial charge in [-0.1, -0.05) is 58.8 Å². The van der Waals surface area contributed by atoms with Gasteiger partial charge in [-0.2, -0.15) is 0 Å². The molecule has 0 saturated carbocycles. The number of halogens is 1. The van der Waals surface area contributed by atoms with Crippen molar-refractivity contribution in [1.29, 1.82) is 0 Å². The van der Waals surface area contributed by atoms with Gasteiger partial charge in [-0.25, -0.2) is 9.78 Å². The fraction of sp³-hybridized carbons (Fsp3) is 0.0625. The Balaban J connectivity index is 2.09. The lowest BCUT2D eigenvalue weighted by atomic mass is 10.1. The van der Waals surface area contributed by atoms with Gasteiger partial charge in [0.1, 0.15) is 9.90 Å². The van der Waals surface area contributed by atoms with Crippen molar-refractivity contribution in [2.75, 3.05) is 0 Å². The number of benzene rings is 1. The normalized spacial score (nSPS) is 11.4. The van der Waals surface area contributed by atoms with E-state index < -0.39 is 11.5 Å². The molecule has 3 aromatic rings. The number of carbonyl (C=O) groups is 1. The molecule has 5 nitrogen and oxygen atoms in total. The van der Waals surface area contributed by atoms with Gasteiger partial charge in [-0.3, -0.25) is 9.20 Å². The highest BCUT2D eigenvalue weighted by atomic mass is 35.5. The van der Waals surface area contributed by atoms with Gasteiger partial charge in [-0.15, -0.1) is 0 Å². The van der Waals surface area contributed by atoms with Crippen molar-refractivity contribution in [2.24, 2.45) is 0 Å². The molecule has 1 aromatic carbocycles. The predicted octanol–water partition coefficient (Wildman–Crippen LogP) is 3.59. The molecular weight excluding hydrogens is 336 g/mol. The minimum Gasteiger partial charge on any atom is -0.477 e. The summed E-state index contributed by atoms with van der Waals surface area (Å²) in [5.41, 5.74) is 1.91. The number of hydrogen-bond acceptors (Lipinski definition) is 4. The van der Waals surface area contributed by atoms with Crippen LogP contribution in [0.1, 0.15) is 26.5 Å². The van der Waals surface area contributed by atoms with E-state index in [0.717, 1.165) is 26.9 Å². The van der Waals surface area contributed by atoms with Crippen LogP contribution in [0.4, 0.5) is 0 Å². The van der Waals surface area contributed by atoms with Crippen molar-refractivity contribution in [1.82, 2.24) is 9.38 Å². The standard InChI is InChI=1S/C16H11ClN2O3S/c1-9-3-2-4-10(7-9)5-6-11-13(17)14(20)19-8-12(15(21)22)23-16(19)18-11/h2-8H,1H3,(H,21,22). The zero-order valence-electron chi connectivity index (χ0n) is 12.0. The van der Waals surface area contributed by atoms with Crippen LogP contribution in [-0.4, -0.2) is 20.5 Å². The molecule has 3 rings (SSSR count). The van der Waals surface area contributed by atoms with Gasteiger partial charge in [0.15, 0.2) is 4.96 Å². The maximum Gasteiger partial charge on any atom is 0.347 e. The molecule has 7 heteroatoms. The number of hydrogen-bond donors (Lipinski definition) is 1. The van der Waals surface area contributed by atoms with Crippen LogP contribution in [0.25, 0.3) is 17.1 Å². The fourth-order valence-corrected chi connectivity index (χ4v) is 3.11. The van der Waals surface area contributed by atoms with E-state index >= 15 is 0 Å². The molecule has 0 fully saturated rings. The first kappa shape index (κ1) is 15.5. The van der Waals surface area contributed by atoms with E-state index in [2.05, 4.69) is 4.98 Å². The summed E-state index contributed by atoms with van der Waals surface area (Å²) in [4.78, 5) is 27.8. The van der Waals surface area contributed by atoms with Crippen LogP contribution in [0.15, 0.2) is 35.3 Å². The highest BCUT2D eigenvalue weighted by Crippen LogP contribution is 2.20. The second-order valence-electron chi connectivity index (χ2n) is 4.92. The number of aryl methyl sites for hydroxylation is 1. The first-order valence-corrected chi connectivity index (χ1v) is 7.85. The van der Waals surface area contributed by atoms with E-state index in [4.69, 9.17) is 16.7 Å². The monoisotopic (exact) mass is 346 g/mol. The van der Waals surface area contributed by atoms with Crippen molar-refractivity contribution < 1.29 is 9.90 Å². The third kappa shape index (κ3) is 3.04. The highest BCUT2D eigenvalue weighted by molar-refractivity contribution is 7.18. The minimum atomic E-state index is -1.10. The van der Waals surface area contributed by atoms with Gasteiger partial charge in [0, 0.05) is 6.20 Å². The van der Waals surface area contributed by atoms with Gasteiger partial charge >= 0.3 is 5.97 Å². The van der Waals surface area contributed by atoms with E-state index in [1.807, 2.05) is 37.3 Å². The SMILES string of the molecule is Cc1cccc(C=Cc2nc3sc(C(=O)O)cn3c(=O)c2Cl)c1. The van der Waals surface area contributed by atoms with Crippen LogP contribution < -0.4 is 5.56 Å². The topological polar surface area (TPSA) is 71.7 Å². The van der Waals surface area contributed by atoms with Gasteiger partial charge in [-0.05, 0) is 18.6 Å². The Hall–Kier alpha value is -2.44. The van der Waals surface area contributed by atoms with E-state index in [9.17, 15) is 9.59 Å². The Kier molecular flexibility index (Phi) is 4.02. The lowest BCUT2D eigenvalue weighted by molar-refractivity contribution is 0.0702. The zero-order chi connectivity index (χ0) is 16.6. The van der Waals surface area contributed by atoms with Crippen molar-refractivity contribution in [3.05, 3.63) is 67.5 Å². The van der Waals surface area contributed by atoms with Gasteiger partial charge in [0.25, 0.3) is 5.56 Å². The number of carboxylic acids is 1. The summed E-state index contributed by atoms with van der Waals surface area (Å²) in [6.07, 6.45) is 4.69. The molecule has 116 valence electrons. The molecule has 0 aliphatic heterocycles.